The summed E-state index contributed by atoms with van der Waals surface area (Å²) in [6.07, 6.45) is 1.89. The van der Waals surface area contributed by atoms with Crippen LogP contribution in [0.5, 0.6) is 0 Å². The molecule has 2 aromatic rings. The Hall–Kier alpha value is -2.82. The molecular formula is C23H31N3O2. The van der Waals surface area contributed by atoms with Crippen molar-refractivity contribution in [3.05, 3.63) is 59.2 Å². The van der Waals surface area contributed by atoms with Crippen molar-refractivity contribution < 1.29 is 9.59 Å². The Balaban J connectivity index is 1.93. The largest absolute Gasteiger partial charge is 0.376 e. The highest BCUT2D eigenvalue weighted by Gasteiger charge is 2.14. The molecule has 2 N–H and O–H groups in total. The summed E-state index contributed by atoms with van der Waals surface area (Å²) >= 11 is 0. The van der Waals surface area contributed by atoms with E-state index in [0.717, 1.165) is 48.4 Å². The van der Waals surface area contributed by atoms with Gasteiger partial charge in [-0.25, -0.2) is 0 Å². The van der Waals surface area contributed by atoms with Crippen LogP contribution in [0.15, 0.2) is 42.5 Å². The number of hydrogen-bond acceptors (Lipinski definition) is 3. The van der Waals surface area contributed by atoms with Crippen LogP contribution < -0.4 is 10.6 Å². The lowest BCUT2D eigenvalue weighted by Crippen LogP contribution is -2.32. The third-order valence-corrected chi connectivity index (χ3v) is 4.60. The minimum Gasteiger partial charge on any atom is -0.376 e. The molecule has 0 atom stereocenters. The van der Waals surface area contributed by atoms with Gasteiger partial charge in [-0.15, -0.1) is 0 Å². The Bertz CT molecular complexity index is 774. The van der Waals surface area contributed by atoms with E-state index in [2.05, 4.69) is 24.5 Å². The van der Waals surface area contributed by atoms with Crippen molar-refractivity contribution in [2.75, 3.05) is 30.3 Å². The Morgan fingerprint density at radius 2 is 1.46 bits per heavy atom. The van der Waals surface area contributed by atoms with Crippen LogP contribution in [-0.4, -0.2) is 36.3 Å². The summed E-state index contributed by atoms with van der Waals surface area (Å²) in [6, 6.07) is 13.2. The minimum atomic E-state index is -0.102. The zero-order valence-corrected chi connectivity index (χ0v) is 17.3. The summed E-state index contributed by atoms with van der Waals surface area (Å²) < 4.78 is 0. The Kier molecular flexibility index (Phi) is 8.05. The Labute approximate surface area is 168 Å². The molecule has 28 heavy (non-hydrogen) atoms. The quantitative estimate of drug-likeness (QED) is 0.666. The molecule has 0 bridgehead atoms. The molecule has 0 aromatic heterocycles. The van der Waals surface area contributed by atoms with E-state index in [-0.39, 0.29) is 18.4 Å². The zero-order valence-electron chi connectivity index (χ0n) is 17.3. The first kappa shape index (κ1) is 21.5. The maximum absolute atomic E-state index is 12.6. The second-order valence-electron chi connectivity index (χ2n) is 7.04. The smallest absolute Gasteiger partial charge is 0.253 e. The molecule has 2 amide bonds. The van der Waals surface area contributed by atoms with Gasteiger partial charge in [0.05, 0.1) is 6.54 Å². The number of amides is 2. The molecule has 0 saturated heterocycles. The van der Waals surface area contributed by atoms with Crippen molar-refractivity contribution in [3.63, 3.8) is 0 Å². The monoisotopic (exact) mass is 381 g/mol. The van der Waals surface area contributed by atoms with Crippen LogP contribution in [-0.2, 0) is 4.79 Å². The van der Waals surface area contributed by atoms with E-state index < -0.39 is 0 Å². The van der Waals surface area contributed by atoms with Gasteiger partial charge in [0.15, 0.2) is 0 Å². The van der Waals surface area contributed by atoms with Gasteiger partial charge in [0.2, 0.25) is 5.91 Å². The second-order valence-corrected chi connectivity index (χ2v) is 7.04. The fourth-order valence-corrected chi connectivity index (χ4v) is 3.15. The first-order chi connectivity index (χ1) is 13.5. The van der Waals surface area contributed by atoms with Crippen molar-refractivity contribution >= 4 is 23.2 Å². The van der Waals surface area contributed by atoms with Crippen LogP contribution in [0.25, 0.3) is 0 Å². The summed E-state index contributed by atoms with van der Waals surface area (Å²) in [4.78, 5) is 26.8. The average Bonchev–Trinajstić information content (AvgIpc) is 2.69. The number of hydrogen-bond donors (Lipinski definition) is 2. The van der Waals surface area contributed by atoms with Crippen LogP contribution >= 0.6 is 0 Å². The number of anilines is 2. The summed E-state index contributed by atoms with van der Waals surface area (Å²) in [5, 5.41) is 6.07. The number of carbonyl (C=O) groups excluding carboxylic acids is 2. The van der Waals surface area contributed by atoms with Crippen LogP contribution in [0.3, 0.4) is 0 Å². The number of nitrogens with one attached hydrogen (secondary N) is 2. The summed E-state index contributed by atoms with van der Waals surface area (Å²) in [6.45, 7) is 9.81. The highest BCUT2D eigenvalue weighted by Crippen LogP contribution is 2.19. The maximum Gasteiger partial charge on any atom is 0.253 e. The summed E-state index contributed by atoms with van der Waals surface area (Å²) in [5.74, 6) is -0.0439. The number of aryl methyl sites for hydroxylation is 2. The van der Waals surface area contributed by atoms with Crippen molar-refractivity contribution in [2.24, 2.45) is 0 Å². The standard InChI is InChI=1S/C23H31N3O2/c1-5-14-26(15-6-2)23(28)19-10-12-20(13-11-19)24-16-21(27)25-22-17(3)8-7-9-18(22)4/h7-13,24H,5-6,14-16H2,1-4H3,(H,25,27). The predicted octanol–water partition coefficient (Wildman–Crippen LogP) is 4.62. The van der Waals surface area contributed by atoms with Crippen molar-refractivity contribution in [1.29, 1.82) is 0 Å². The topological polar surface area (TPSA) is 61.4 Å². The molecule has 150 valence electrons. The molecular weight excluding hydrogens is 350 g/mol. The highest BCUT2D eigenvalue weighted by atomic mass is 16.2. The fourth-order valence-electron chi connectivity index (χ4n) is 3.15. The van der Waals surface area contributed by atoms with Gasteiger partial charge >= 0.3 is 0 Å². The number of rotatable bonds is 9. The first-order valence-corrected chi connectivity index (χ1v) is 9.95. The Morgan fingerprint density at radius 3 is 2.00 bits per heavy atom. The highest BCUT2D eigenvalue weighted by molar-refractivity contribution is 5.96. The molecule has 0 heterocycles. The summed E-state index contributed by atoms with van der Waals surface area (Å²) in [5.41, 5.74) is 4.43. The number of para-hydroxylation sites is 1. The van der Waals surface area contributed by atoms with Gasteiger partial charge < -0.3 is 15.5 Å². The van der Waals surface area contributed by atoms with Gasteiger partial charge in [-0.1, -0.05) is 32.0 Å². The average molecular weight is 382 g/mol. The van der Waals surface area contributed by atoms with Gasteiger partial charge in [-0.3, -0.25) is 9.59 Å². The van der Waals surface area contributed by atoms with E-state index in [1.54, 1.807) is 0 Å². The first-order valence-electron chi connectivity index (χ1n) is 9.95. The number of benzene rings is 2. The molecule has 2 aromatic carbocycles. The van der Waals surface area contributed by atoms with Crippen LogP contribution in [0.2, 0.25) is 0 Å². The van der Waals surface area contributed by atoms with E-state index in [1.165, 1.54) is 0 Å². The summed E-state index contributed by atoms with van der Waals surface area (Å²) in [7, 11) is 0. The lowest BCUT2D eigenvalue weighted by atomic mass is 10.1. The van der Waals surface area contributed by atoms with Gasteiger partial charge in [0, 0.05) is 30.0 Å². The van der Waals surface area contributed by atoms with Crippen LogP contribution in [0.4, 0.5) is 11.4 Å². The number of carbonyl (C=O) groups is 2. The van der Waals surface area contributed by atoms with Crippen molar-refractivity contribution in [2.45, 2.75) is 40.5 Å². The number of nitrogens with zero attached hydrogens (tertiary/aromatic N) is 1. The van der Waals surface area contributed by atoms with E-state index >= 15 is 0 Å². The molecule has 5 heteroatoms. The molecule has 2 rings (SSSR count). The van der Waals surface area contributed by atoms with E-state index in [1.807, 2.05) is 61.2 Å². The van der Waals surface area contributed by atoms with Gasteiger partial charge in [-0.2, -0.15) is 0 Å². The fraction of sp³-hybridized carbons (Fsp3) is 0.391. The normalized spacial score (nSPS) is 10.4. The predicted molar refractivity (Wildman–Crippen MR) is 116 cm³/mol. The molecule has 0 aliphatic rings. The van der Waals surface area contributed by atoms with E-state index in [0.29, 0.717) is 5.56 Å². The molecule has 0 aliphatic heterocycles. The second kappa shape index (κ2) is 10.5. The van der Waals surface area contributed by atoms with Gasteiger partial charge in [0.1, 0.15) is 0 Å². The molecule has 0 fully saturated rings. The van der Waals surface area contributed by atoms with Crippen molar-refractivity contribution in [3.8, 4) is 0 Å². The molecule has 0 spiro atoms. The molecule has 0 unspecified atom stereocenters. The van der Waals surface area contributed by atoms with Crippen LogP contribution in [0.1, 0.15) is 48.2 Å². The zero-order chi connectivity index (χ0) is 20.5. The third-order valence-electron chi connectivity index (χ3n) is 4.60. The SMILES string of the molecule is CCCN(CCC)C(=O)c1ccc(NCC(=O)Nc2c(C)cccc2C)cc1. The third kappa shape index (κ3) is 5.84. The maximum atomic E-state index is 12.6. The lowest BCUT2D eigenvalue weighted by molar-refractivity contribution is -0.114. The van der Waals surface area contributed by atoms with E-state index in [9.17, 15) is 9.59 Å². The lowest BCUT2D eigenvalue weighted by Gasteiger charge is -2.21. The van der Waals surface area contributed by atoms with E-state index in [4.69, 9.17) is 0 Å². The minimum absolute atomic E-state index is 0.0584. The molecule has 0 saturated carbocycles. The van der Waals surface area contributed by atoms with Crippen molar-refractivity contribution in [1.82, 2.24) is 4.90 Å². The van der Waals surface area contributed by atoms with Gasteiger partial charge in [-0.05, 0) is 62.1 Å². The molecule has 0 aliphatic carbocycles. The Morgan fingerprint density at radius 1 is 0.893 bits per heavy atom. The molecule has 0 radical (unpaired) electrons. The van der Waals surface area contributed by atoms with Crippen LogP contribution in [0, 0.1) is 13.8 Å². The van der Waals surface area contributed by atoms with Gasteiger partial charge in [0.25, 0.3) is 5.91 Å². The molecule has 5 nitrogen and oxygen atoms in total.